The van der Waals surface area contributed by atoms with Crippen LogP contribution in [0, 0.1) is 0 Å². The predicted octanol–water partition coefficient (Wildman–Crippen LogP) is -0.573. The zero-order chi connectivity index (χ0) is 13.1. The van der Waals surface area contributed by atoms with Crippen molar-refractivity contribution in [2.45, 2.75) is 6.54 Å². The first kappa shape index (κ1) is 12.0. The number of nitrogens with one attached hydrogen (secondary N) is 1. The minimum absolute atomic E-state index is 0.114. The van der Waals surface area contributed by atoms with Crippen molar-refractivity contribution in [3.05, 3.63) is 51.2 Å². The van der Waals surface area contributed by atoms with Gasteiger partial charge in [-0.25, -0.2) is 9.78 Å². The Morgan fingerprint density at radius 1 is 1.28 bits per heavy atom. The fraction of sp³-hybridized carbons (Fsp3) is 0.273. The molecule has 0 radical (unpaired) electrons. The second kappa shape index (κ2) is 4.82. The van der Waals surface area contributed by atoms with E-state index in [1.807, 2.05) is 0 Å². The molecule has 0 bridgehead atoms. The highest BCUT2D eigenvalue weighted by atomic mass is 16.2. The van der Waals surface area contributed by atoms with Crippen molar-refractivity contribution in [3.63, 3.8) is 0 Å². The summed E-state index contributed by atoms with van der Waals surface area (Å²) in [5, 5.41) is 2.84. The number of hydrogen-bond acceptors (Lipinski definition) is 5. The molecule has 2 rings (SSSR count). The molecule has 0 atom stereocenters. The quantitative estimate of drug-likeness (QED) is 0.785. The van der Waals surface area contributed by atoms with Gasteiger partial charge in [-0.1, -0.05) is 0 Å². The average molecular weight is 247 g/mol. The highest BCUT2D eigenvalue weighted by Crippen LogP contribution is 1.99. The van der Waals surface area contributed by atoms with Gasteiger partial charge in [0.2, 0.25) is 0 Å². The molecule has 0 saturated heterocycles. The number of aryl methyl sites for hydroxylation is 1. The average Bonchev–Trinajstić information content (AvgIpc) is 2.40. The standard InChI is InChI=1S/C11H13N5O2/c1-12-9-6-13-8(5-14-9)7-16-10(17)3-4-15(2)11(16)18/h3-6H,7H2,1-2H3,(H,12,14). The molecule has 0 aliphatic carbocycles. The lowest BCUT2D eigenvalue weighted by Crippen LogP contribution is -2.38. The largest absolute Gasteiger partial charge is 0.372 e. The van der Waals surface area contributed by atoms with Crippen LogP contribution in [0.1, 0.15) is 5.69 Å². The van der Waals surface area contributed by atoms with Crippen LogP contribution in [-0.4, -0.2) is 26.1 Å². The Hall–Kier alpha value is -2.44. The summed E-state index contributed by atoms with van der Waals surface area (Å²) >= 11 is 0. The third-order valence-corrected chi connectivity index (χ3v) is 2.52. The van der Waals surface area contributed by atoms with E-state index in [1.54, 1.807) is 20.3 Å². The summed E-state index contributed by atoms with van der Waals surface area (Å²) in [4.78, 5) is 31.6. The Balaban J connectivity index is 2.37. The van der Waals surface area contributed by atoms with Gasteiger partial charge >= 0.3 is 5.69 Å². The molecule has 7 nitrogen and oxygen atoms in total. The Kier molecular flexibility index (Phi) is 3.22. The van der Waals surface area contributed by atoms with Crippen LogP contribution in [-0.2, 0) is 13.6 Å². The van der Waals surface area contributed by atoms with Crippen LogP contribution in [0.25, 0.3) is 0 Å². The first-order valence-corrected chi connectivity index (χ1v) is 5.37. The maximum Gasteiger partial charge on any atom is 0.331 e. The molecule has 0 saturated carbocycles. The second-order valence-corrected chi connectivity index (χ2v) is 3.78. The zero-order valence-electron chi connectivity index (χ0n) is 10.1. The summed E-state index contributed by atoms with van der Waals surface area (Å²) in [6, 6.07) is 1.34. The molecule has 0 unspecified atom stereocenters. The van der Waals surface area contributed by atoms with Crippen molar-refractivity contribution in [1.29, 1.82) is 0 Å². The summed E-state index contributed by atoms with van der Waals surface area (Å²) in [7, 11) is 3.33. The van der Waals surface area contributed by atoms with Crippen molar-refractivity contribution >= 4 is 5.82 Å². The van der Waals surface area contributed by atoms with Crippen LogP contribution in [0.2, 0.25) is 0 Å². The molecule has 0 aliphatic rings. The third-order valence-electron chi connectivity index (χ3n) is 2.52. The summed E-state index contributed by atoms with van der Waals surface area (Å²) < 4.78 is 2.46. The Bertz CT molecular complexity index is 656. The molecule has 2 aromatic rings. The molecule has 1 N–H and O–H groups in total. The van der Waals surface area contributed by atoms with E-state index >= 15 is 0 Å². The monoisotopic (exact) mass is 247 g/mol. The normalized spacial score (nSPS) is 10.3. The van der Waals surface area contributed by atoms with Gasteiger partial charge in [-0.05, 0) is 0 Å². The van der Waals surface area contributed by atoms with Crippen LogP contribution in [0.5, 0.6) is 0 Å². The van der Waals surface area contributed by atoms with Crippen LogP contribution in [0.15, 0.2) is 34.2 Å². The molecular formula is C11H13N5O2. The number of aromatic nitrogens is 4. The van der Waals surface area contributed by atoms with E-state index in [2.05, 4.69) is 15.3 Å². The smallest absolute Gasteiger partial charge is 0.331 e. The van der Waals surface area contributed by atoms with Gasteiger partial charge < -0.3 is 9.88 Å². The Labute approximate surface area is 103 Å². The van der Waals surface area contributed by atoms with E-state index in [9.17, 15) is 9.59 Å². The number of rotatable bonds is 3. The molecule has 18 heavy (non-hydrogen) atoms. The molecule has 0 aromatic carbocycles. The molecule has 0 amide bonds. The fourth-order valence-electron chi connectivity index (χ4n) is 1.49. The first-order valence-electron chi connectivity index (χ1n) is 5.37. The summed E-state index contributed by atoms with van der Waals surface area (Å²) in [5.74, 6) is 0.632. The molecule has 94 valence electrons. The Morgan fingerprint density at radius 2 is 2.06 bits per heavy atom. The number of nitrogens with zero attached hydrogens (tertiary/aromatic N) is 4. The molecule has 0 aliphatic heterocycles. The van der Waals surface area contributed by atoms with E-state index in [1.165, 1.54) is 23.0 Å². The van der Waals surface area contributed by atoms with E-state index < -0.39 is 0 Å². The molecule has 0 fully saturated rings. The summed E-state index contributed by atoms with van der Waals surface area (Å²) in [6.07, 6.45) is 4.52. The third kappa shape index (κ3) is 2.29. The molecule has 2 heterocycles. The van der Waals surface area contributed by atoms with E-state index in [0.717, 1.165) is 4.57 Å². The SMILES string of the molecule is CNc1cnc(Cn2c(=O)ccn(C)c2=O)cn1. The highest BCUT2D eigenvalue weighted by molar-refractivity contribution is 5.29. The van der Waals surface area contributed by atoms with Gasteiger partial charge in [-0.2, -0.15) is 0 Å². The first-order chi connectivity index (χ1) is 8.61. The van der Waals surface area contributed by atoms with Crippen molar-refractivity contribution < 1.29 is 0 Å². The van der Waals surface area contributed by atoms with E-state index in [0.29, 0.717) is 11.5 Å². The van der Waals surface area contributed by atoms with Gasteiger partial charge in [0.1, 0.15) is 5.82 Å². The van der Waals surface area contributed by atoms with Gasteiger partial charge in [0.05, 0.1) is 24.6 Å². The topological polar surface area (TPSA) is 81.8 Å². The van der Waals surface area contributed by atoms with Crippen LogP contribution in [0.3, 0.4) is 0 Å². The lowest BCUT2D eigenvalue weighted by Gasteiger charge is -2.06. The van der Waals surface area contributed by atoms with Crippen LogP contribution in [0.4, 0.5) is 5.82 Å². The number of anilines is 1. The van der Waals surface area contributed by atoms with Gasteiger partial charge in [0, 0.05) is 26.4 Å². The van der Waals surface area contributed by atoms with Crippen LogP contribution >= 0.6 is 0 Å². The fourth-order valence-corrected chi connectivity index (χ4v) is 1.49. The van der Waals surface area contributed by atoms with Crippen molar-refractivity contribution in [3.8, 4) is 0 Å². The predicted molar refractivity (Wildman–Crippen MR) is 66.6 cm³/mol. The van der Waals surface area contributed by atoms with E-state index in [-0.39, 0.29) is 17.8 Å². The minimum Gasteiger partial charge on any atom is -0.372 e. The van der Waals surface area contributed by atoms with Crippen molar-refractivity contribution in [2.24, 2.45) is 7.05 Å². The molecule has 0 spiro atoms. The maximum absolute atomic E-state index is 11.8. The number of hydrogen-bond donors (Lipinski definition) is 1. The van der Waals surface area contributed by atoms with Gasteiger partial charge in [-0.3, -0.25) is 14.3 Å². The molecule has 2 aromatic heterocycles. The minimum atomic E-state index is -0.373. The van der Waals surface area contributed by atoms with Gasteiger partial charge in [0.15, 0.2) is 0 Å². The van der Waals surface area contributed by atoms with Gasteiger partial charge in [0.25, 0.3) is 5.56 Å². The van der Waals surface area contributed by atoms with Crippen LogP contribution < -0.4 is 16.6 Å². The maximum atomic E-state index is 11.8. The summed E-state index contributed by atoms with van der Waals surface area (Å²) in [6.45, 7) is 0.114. The lowest BCUT2D eigenvalue weighted by molar-refractivity contribution is 0.629. The van der Waals surface area contributed by atoms with E-state index in [4.69, 9.17) is 0 Å². The molecular weight excluding hydrogens is 234 g/mol. The zero-order valence-corrected chi connectivity index (χ0v) is 10.1. The highest BCUT2D eigenvalue weighted by Gasteiger charge is 2.05. The van der Waals surface area contributed by atoms with Gasteiger partial charge in [-0.15, -0.1) is 0 Å². The van der Waals surface area contributed by atoms with Crippen molar-refractivity contribution in [2.75, 3.05) is 12.4 Å². The lowest BCUT2D eigenvalue weighted by atomic mass is 10.4. The Morgan fingerprint density at radius 3 is 2.67 bits per heavy atom. The molecule has 7 heteroatoms. The second-order valence-electron chi connectivity index (χ2n) is 3.78. The van der Waals surface area contributed by atoms with Crippen molar-refractivity contribution in [1.82, 2.24) is 19.1 Å². The summed E-state index contributed by atoms with van der Waals surface area (Å²) in [5.41, 5.74) is -0.168.